The van der Waals surface area contributed by atoms with E-state index in [1.54, 1.807) is 13.8 Å². The van der Waals surface area contributed by atoms with Gasteiger partial charge < -0.3 is 9.47 Å². The summed E-state index contributed by atoms with van der Waals surface area (Å²) in [6.07, 6.45) is 0. The van der Waals surface area contributed by atoms with Crippen LogP contribution in [0.3, 0.4) is 0 Å². The van der Waals surface area contributed by atoms with Crippen LogP contribution in [0.15, 0.2) is 0 Å². The zero-order chi connectivity index (χ0) is 12.9. The molecule has 2 bridgehead atoms. The molecule has 0 aromatic rings. The Balaban J connectivity index is 2.75. The minimum absolute atomic E-state index is 0.162. The normalized spacial score (nSPS) is 41.8. The summed E-state index contributed by atoms with van der Waals surface area (Å²) in [5.74, 6) is -2.16. The molecule has 0 aromatic heterocycles. The molecule has 0 spiro atoms. The lowest BCUT2D eigenvalue weighted by Crippen LogP contribution is -2.70. The molecule has 3 fully saturated rings. The molecule has 86 valence electrons. The molecule has 6 nitrogen and oxygen atoms in total. The van der Waals surface area contributed by atoms with Gasteiger partial charge in [0.2, 0.25) is 11.7 Å². The maximum absolute atomic E-state index is 9.33. The van der Waals surface area contributed by atoms with Gasteiger partial charge >= 0.3 is 0 Å². The van der Waals surface area contributed by atoms with Gasteiger partial charge in [-0.1, -0.05) is 6.92 Å². The highest BCUT2D eigenvalue weighted by Crippen LogP contribution is 2.58. The highest BCUT2D eigenvalue weighted by Gasteiger charge is 2.74. The Bertz CT molecular complexity index is 509. The minimum atomic E-state index is -1.63. The van der Waals surface area contributed by atoms with Crippen molar-refractivity contribution in [2.75, 3.05) is 6.61 Å². The fourth-order valence-corrected chi connectivity index (χ4v) is 2.49. The number of ether oxygens (including phenoxy) is 2. The molecule has 0 unspecified atom stereocenters. The average Bonchev–Trinajstić information content (AvgIpc) is 2.32. The first-order valence-electron chi connectivity index (χ1n) is 5.08. The van der Waals surface area contributed by atoms with E-state index in [2.05, 4.69) is 0 Å². The van der Waals surface area contributed by atoms with E-state index in [-0.39, 0.29) is 12.5 Å². The van der Waals surface area contributed by atoms with Crippen LogP contribution < -0.4 is 0 Å². The second-order valence-electron chi connectivity index (χ2n) is 4.51. The maximum atomic E-state index is 9.33. The van der Waals surface area contributed by atoms with Crippen molar-refractivity contribution in [2.24, 2.45) is 16.7 Å². The lowest BCUT2D eigenvalue weighted by Gasteiger charge is -2.57. The topological polar surface area (TPSA) is 114 Å². The number of hydrogen-bond donors (Lipinski definition) is 1. The monoisotopic (exact) mass is 230 g/mol. The lowest BCUT2D eigenvalue weighted by molar-refractivity contribution is -0.304. The van der Waals surface area contributed by atoms with Crippen LogP contribution >= 0.6 is 0 Å². The first kappa shape index (κ1) is 11.4. The standard InChI is InChI=1S/C11H10N4O2/c1-7-9(2)16-6-11(5-14,8(15)17-9)10(7,3-12)4-13/h7,15H,6H2,1-2H3/t7-,9+,11+/m0/s1. The molecule has 3 saturated heterocycles. The van der Waals surface area contributed by atoms with Gasteiger partial charge in [-0.2, -0.15) is 15.8 Å². The first-order chi connectivity index (χ1) is 7.92. The lowest BCUT2D eigenvalue weighted by atomic mass is 9.54. The van der Waals surface area contributed by atoms with Crippen LogP contribution in [-0.4, -0.2) is 18.3 Å². The smallest absolute Gasteiger partial charge is 0.214 e. The van der Waals surface area contributed by atoms with Gasteiger partial charge in [-0.05, 0) is 0 Å². The van der Waals surface area contributed by atoms with Gasteiger partial charge in [0, 0.05) is 6.92 Å². The van der Waals surface area contributed by atoms with Gasteiger partial charge in [0.25, 0.3) is 0 Å². The largest absolute Gasteiger partial charge is 0.448 e. The van der Waals surface area contributed by atoms with E-state index in [4.69, 9.17) is 14.9 Å². The molecule has 3 rings (SSSR count). The molecule has 1 N–H and O–H groups in total. The van der Waals surface area contributed by atoms with Gasteiger partial charge in [-0.15, -0.1) is 0 Å². The Labute approximate surface area is 98.5 Å². The van der Waals surface area contributed by atoms with Crippen LogP contribution in [0.1, 0.15) is 13.8 Å². The Morgan fingerprint density at radius 3 is 2.29 bits per heavy atom. The molecule has 0 saturated carbocycles. The molecule has 3 atom stereocenters. The summed E-state index contributed by atoms with van der Waals surface area (Å²) < 4.78 is 10.7. The minimum Gasteiger partial charge on any atom is -0.448 e. The van der Waals surface area contributed by atoms with E-state index in [9.17, 15) is 15.8 Å². The van der Waals surface area contributed by atoms with Gasteiger partial charge in [0.1, 0.15) is 0 Å². The van der Waals surface area contributed by atoms with Crippen molar-refractivity contribution in [1.29, 1.82) is 21.2 Å². The molecule has 0 aliphatic carbocycles. The van der Waals surface area contributed by atoms with Gasteiger partial charge in [0.05, 0.1) is 30.7 Å². The Kier molecular flexibility index (Phi) is 1.99. The molecule has 3 aliphatic heterocycles. The van der Waals surface area contributed by atoms with Crippen molar-refractivity contribution in [3.8, 4) is 18.2 Å². The molecule has 0 aromatic carbocycles. The third-order valence-corrected chi connectivity index (χ3v) is 3.92. The fourth-order valence-electron chi connectivity index (χ4n) is 2.49. The summed E-state index contributed by atoms with van der Waals surface area (Å²) in [6, 6.07) is 5.70. The maximum Gasteiger partial charge on any atom is 0.214 e. The number of nitrogens with zero attached hydrogens (tertiary/aromatic N) is 3. The van der Waals surface area contributed by atoms with E-state index in [0.29, 0.717) is 0 Å². The SMILES string of the molecule is C[C@@H]1C(C#N)(C#N)[C@]2(C#N)CO[C@]1(C)OC2=N. The fraction of sp³-hybridized carbons (Fsp3) is 0.636. The Morgan fingerprint density at radius 1 is 1.29 bits per heavy atom. The van der Waals surface area contributed by atoms with Crippen molar-refractivity contribution in [3.05, 3.63) is 0 Å². The summed E-state index contributed by atoms with van der Waals surface area (Å²) in [5.41, 5.74) is -3.24. The predicted octanol–water partition coefficient (Wildman–Crippen LogP) is 0.920. The van der Waals surface area contributed by atoms with Crippen LogP contribution in [0, 0.1) is 56.2 Å². The highest BCUT2D eigenvalue weighted by atomic mass is 16.7. The van der Waals surface area contributed by atoms with Gasteiger partial charge in [-0.25, -0.2) is 0 Å². The predicted molar refractivity (Wildman–Crippen MR) is 54.0 cm³/mol. The van der Waals surface area contributed by atoms with Gasteiger partial charge in [-0.3, -0.25) is 5.41 Å². The van der Waals surface area contributed by atoms with E-state index in [0.717, 1.165) is 0 Å². The third-order valence-electron chi connectivity index (χ3n) is 3.92. The van der Waals surface area contributed by atoms with E-state index in [1.165, 1.54) is 0 Å². The van der Waals surface area contributed by atoms with E-state index < -0.39 is 22.5 Å². The van der Waals surface area contributed by atoms with Crippen molar-refractivity contribution in [3.63, 3.8) is 0 Å². The van der Waals surface area contributed by atoms with E-state index >= 15 is 0 Å². The van der Waals surface area contributed by atoms with Crippen molar-refractivity contribution >= 4 is 5.90 Å². The first-order valence-corrected chi connectivity index (χ1v) is 5.08. The zero-order valence-corrected chi connectivity index (χ0v) is 9.44. The summed E-state index contributed by atoms with van der Waals surface area (Å²) in [7, 11) is 0. The summed E-state index contributed by atoms with van der Waals surface area (Å²) in [4.78, 5) is 0. The number of fused-ring (bicyclic) bond motifs is 3. The molecular weight excluding hydrogens is 220 g/mol. The van der Waals surface area contributed by atoms with Crippen LogP contribution in [0.25, 0.3) is 0 Å². The number of nitriles is 3. The van der Waals surface area contributed by atoms with Crippen molar-refractivity contribution in [1.82, 2.24) is 0 Å². The zero-order valence-electron chi connectivity index (χ0n) is 9.44. The Morgan fingerprint density at radius 2 is 1.88 bits per heavy atom. The number of hydrogen-bond acceptors (Lipinski definition) is 6. The second kappa shape index (κ2) is 2.97. The Hall–Kier alpha value is -2.10. The van der Waals surface area contributed by atoms with Gasteiger partial charge in [0.15, 0.2) is 10.8 Å². The van der Waals surface area contributed by atoms with Crippen molar-refractivity contribution < 1.29 is 9.47 Å². The summed E-state index contributed by atoms with van der Waals surface area (Å²) >= 11 is 0. The molecule has 17 heavy (non-hydrogen) atoms. The van der Waals surface area contributed by atoms with E-state index in [1.807, 2.05) is 18.2 Å². The molecular formula is C11H10N4O2. The van der Waals surface area contributed by atoms with Crippen LogP contribution in [0.4, 0.5) is 0 Å². The van der Waals surface area contributed by atoms with Crippen molar-refractivity contribution in [2.45, 2.75) is 19.6 Å². The number of rotatable bonds is 0. The summed E-state index contributed by atoms with van der Waals surface area (Å²) in [5, 5.41) is 35.7. The molecule has 0 radical (unpaired) electrons. The number of nitrogens with one attached hydrogen (secondary N) is 1. The third kappa shape index (κ3) is 0.934. The quantitative estimate of drug-likeness (QED) is 0.664. The summed E-state index contributed by atoms with van der Waals surface area (Å²) in [6.45, 7) is 3.05. The molecule has 6 heteroatoms. The molecule has 0 amide bonds. The van der Waals surface area contributed by atoms with Crippen LogP contribution in [0.2, 0.25) is 0 Å². The van der Waals surface area contributed by atoms with Crippen LogP contribution in [0.5, 0.6) is 0 Å². The molecule has 3 heterocycles. The average molecular weight is 230 g/mol. The second-order valence-corrected chi connectivity index (χ2v) is 4.51. The molecule has 3 aliphatic rings. The highest BCUT2D eigenvalue weighted by molar-refractivity contribution is 5.87. The van der Waals surface area contributed by atoms with Crippen LogP contribution in [-0.2, 0) is 9.47 Å².